The zero-order valence-electron chi connectivity index (χ0n) is 5.39. The highest BCUT2D eigenvalue weighted by Gasteiger charge is 1.95. The topological polar surface area (TPSA) is 44.5 Å². The average molecular weight is 119 g/mol. The minimum absolute atomic E-state index is 0.171. The Morgan fingerprint density at radius 3 is 2.50 bits per heavy atom. The van der Waals surface area contributed by atoms with Gasteiger partial charge in [0.05, 0.1) is 0 Å². The molecule has 3 heteroatoms. The maximum Gasteiger partial charge on any atom is 0.107 e. The van der Waals surface area contributed by atoms with Gasteiger partial charge in [0.2, 0.25) is 0 Å². The molecule has 0 spiro atoms. The standard InChI is InChI=1S/C5H13NO2/c1-7-4-3-5(6)8-2/h5H,3-4,6H2,1-2H3. The van der Waals surface area contributed by atoms with Crippen molar-refractivity contribution in [1.29, 1.82) is 0 Å². The van der Waals surface area contributed by atoms with Gasteiger partial charge in [0.25, 0.3) is 0 Å². The van der Waals surface area contributed by atoms with Crippen LogP contribution >= 0.6 is 0 Å². The Kier molecular flexibility index (Phi) is 4.95. The summed E-state index contributed by atoms with van der Waals surface area (Å²) in [4.78, 5) is 0. The molecule has 0 heterocycles. The van der Waals surface area contributed by atoms with E-state index in [0.717, 1.165) is 6.42 Å². The van der Waals surface area contributed by atoms with Gasteiger partial charge >= 0.3 is 0 Å². The molecule has 0 aliphatic rings. The van der Waals surface area contributed by atoms with Crippen LogP contribution < -0.4 is 5.73 Å². The van der Waals surface area contributed by atoms with Crippen LogP contribution in [0.15, 0.2) is 0 Å². The molecule has 0 aromatic carbocycles. The SMILES string of the molecule is COCCC(N)OC. The van der Waals surface area contributed by atoms with Crippen molar-refractivity contribution in [2.75, 3.05) is 20.8 Å². The first-order chi connectivity index (χ1) is 3.81. The Morgan fingerprint density at radius 2 is 2.12 bits per heavy atom. The molecule has 0 aliphatic carbocycles. The average Bonchev–Trinajstić information content (AvgIpc) is 1.83. The van der Waals surface area contributed by atoms with E-state index in [2.05, 4.69) is 0 Å². The highest BCUT2D eigenvalue weighted by atomic mass is 16.5. The van der Waals surface area contributed by atoms with E-state index in [0.29, 0.717) is 6.61 Å². The molecular formula is C5H13NO2. The summed E-state index contributed by atoms with van der Waals surface area (Å²) >= 11 is 0. The molecule has 0 aliphatic heterocycles. The normalized spacial score (nSPS) is 13.9. The van der Waals surface area contributed by atoms with Gasteiger partial charge in [0.15, 0.2) is 0 Å². The molecule has 0 radical (unpaired) electrons. The fourth-order valence-corrected chi connectivity index (χ4v) is 0.352. The third-order valence-corrected chi connectivity index (χ3v) is 0.909. The lowest BCUT2D eigenvalue weighted by molar-refractivity contribution is 0.0710. The van der Waals surface area contributed by atoms with Crippen molar-refractivity contribution in [1.82, 2.24) is 0 Å². The number of methoxy groups -OCH3 is 2. The fourth-order valence-electron chi connectivity index (χ4n) is 0.352. The molecule has 1 unspecified atom stereocenters. The van der Waals surface area contributed by atoms with Gasteiger partial charge in [-0.05, 0) is 0 Å². The van der Waals surface area contributed by atoms with E-state index < -0.39 is 0 Å². The third kappa shape index (κ3) is 4.05. The summed E-state index contributed by atoms with van der Waals surface area (Å²) in [6, 6.07) is 0. The smallest absolute Gasteiger partial charge is 0.107 e. The van der Waals surface area contributed by atoms with Crippen LogP contribution in [0, 0.1) is 0 Å². The van der Waals surface area contributed by atoms with Gasteiger partial charge in [-0.3, -0.25) is 0 Å². The van der Waals surface area contributed by atoms with Gasteiger partial charge < -0.3 is 15.2 Å². The lowest BCUT2D eigenvalue weighted by atomic mass is 10.4. The highest BCUT2D eigenvalue weighted by molar-refractivity contribution is 4.43. The number of ether oxygens (including phenoxy) is 2. The van der Waals surface area contributed by atoms with Crippen LogP contribution in [0.3, 0.4) is 0 Å². The van der Waals surface area contributed by atoms with Gasteiger partial charge in [0.1, 0.15) is 6.23 Å². The summed E-state index contributed by atoms with van der Waals surface area (Å²) < 4.78 is 9.50. The van der Waals surface area contributed by atoms with Crippen LogP contribution in [0.4, 0.5) is 0 Å². The highest BCUT2D eigenvalue weighted by Crippen LogP contribution is 1.86. The Morgan fingerprint density at radius 1 is 1.50 bits per heavy atom. The van der Waals surface area contributed by atoms with Gasteiger partial charge in [-0.1, -0.05) is 0 Å². The van der Waals surface area contributed by atoms with Gasteiger partial charge in [0, 0.05) is 27.2 Å². The minimum Gasteiger partial charge on any atom is -0.385 e. The second-order valence-corrected chi connectivity index (χ2v) is 1.56. The first-order valence-electron chi connectivity index (χ1n) is 2.58. The second kappa shape index (κ2) is 5.03. The molecule has 0 aromatic heterocycles. The number of hydrogen-bond donors (Lipinski definition) is 1. The van der Waals surface area contributed by atoms with E-state index in [1.807, 2.05) is 0 Å². The molecular weight excluding hydrogens is 106 g/mol. The zero-order chi connectivity index (χ0) is 6.41. The number of nitrogens with two attached hydrogens (primary N) is 1. The first kappa shape index (κ1) is 7.88. The fraction of sp³-hybridized carbons (Fsp3) is 1.00. The molecule has 0 bridgehead atoms. The Hall–Kier alpha value is -0.120. The molecule has 1 atom stereocenters. The third-order valence-electron chi connectivity index (χ3n) is 0.909. The minimum atomic E-state index is -0.171. The maximum absolute atomic E-state index is 5.36. The van der Waals surface area contributed by atoms with E-state index >= 15 is 0 Å². The summed E-state index contributed by atoms with van der Waals surface area (Å²) in [7, 11) is 3.22. The van der Waals surface area contributed by atoms with Crippen molar-refractivity contribution >= 4 is 0 Å². The summed E-state index contributed by atoms with van der Waals surface area (Å²) in [5.74, 6) is 0. The van der Waals surface area contributed by atoms with Crippen molar-refractivity contribution in [3.8, 4) is 0 Å². The Labute approximate surface area is 49.8 Å². The van der Waals surface area contributed by atoms with Crippen LogP contribution in [0.2, 0.25) is 0 Å². The van der Waals surface area contributed by atoms with E-state index in [1.54, 1.807) is 14.2 Å². The number of rotatable bonds is 4. The predicted octanol–water partition coefficient (Wildman–Crippen LogP) is -0.0459. The predicted molar refractivity (Wildman–Crippen MR) is 31.5 cm³/mol. The van der Waals surface area contributed by atoms with Crippen LogP contribution in [0.25, 0.3) is 0 Å². The van der Waals surface area contributed by atoms with Crippen LogP contribution in [0.1, 0.15) is 6.42 Å². The summed E-state index contributed by atoms with van der Waals surface area (Å²) in [6.45, 7) is 0.662. The Balaban J connectivity index is 2.86. The van der Waals surface area contributed by atoms with Crippen molar-refractivity contribution in [2.45, 2.75) is 12.6 Å². The second-order valence-electron chi connectivity index (χ2n) is 1.56. The summed E-state index contributed by atoms with van der Waals surface area (Å²) in [6.07, 6.45) is 0.586. The molecule has 2 N–H and O–H groups in total. The maximum atomic E-state index is 5.36. The molecule has 0 saturated heterocycles. The van der Waals surface area contributed by atoms with Crippen molar-refractivity contribution in [3.05, 3.63) is 0 Å². The molecule has 0 rings (SSSR count). The summed E-state index contributed by atoms with van der Waals surface area (Å²) in [5, 5.41) is 0. The largest absolute Gasteiger partial charge is 0.385 e. The monoisotopic (exact) mass is 119 g/mol. The molecule has 8 heavy (non-hydrogen) atoms. The zero-order valence-corrected chi connectivity index (χ0v) is 5.39. The van der Waals surface area contributed by atoms with Crippen LogP contribution in [0.5, 0.6) is 0 Å². The first-order valence-corrected chi connectivity index (χ1v) is 2.58. The van der Waals surface area contributed by atoms with Gasteiger partial charge in [-0.25, -0.2) is 0 Å². The molecule has 0 amide bonds. The molecule has 0 saturated carbocycles. The van der Waals surface area contributed by atoms with E-state index in [9.17, 15) is 0 Å². The molecule has 50 valence electrons. The van der Waals surface area contributed by atoms with Crippen molar-refractivity contribution < 1.29 is 9.47 Å². The quantitative estimate of drug-likeness (QED) is 0.528. The van der Waals surface area contributed by atoms with E-state index in [4.69, 9.17) is 15.2 Å². The molecule has 0 aromatic rings. The molecule has 0 fully saturated rings. The Bertz CT molecular complexity index is 49.7. The van der Waals surface area contributed by atoms with Crippen LogP contribution in [-0.2, 0) is 9.47 Å². The molecule has 3 nitrogen and oxygen atoms in total. The lowest BCUT2D eigenvalue weighted by Crippen LogP contribution is -2.23. The number of hydrogen-bond acceptors (Lipinski definition) is 3. The van der Waals surface area contributed by atoms with Gasteiger partial charge in [-0.2, -0.15) is 0 Å². The van der Waals surface area contributed by atoms with Crippen molar-refractivity contribution in [3.63, 3.8) is 0 Å². The van der Waals surface area contributed by atoms with E-state index in [-0.39, 0.29) is 6.23 Å². The lowest BCUT2D eigenvalue weighted by Gasteiger charge is -2.06. The summed E-state index contributed by atoms with van der Waals surface area (Å²) in [5.41, 5.74) is 5.36. The van der Waals surface area contributed by atoms with Crippen molar-refractivity contribution in [2.24, 2.45) is 5.73 Å². The van der Waals surface area contributed by atoms with Crippen LogP contribution in [-0.4, -0.2) is 27.1 Å². The van der Waals surface area contributed by atoms with E-state index in [1.165, 1.54) is 0 Å². The van der Waals surface area contributed by atoms with Gasteiger partial charge in [-0.15, -0.1) is 0 Å².